The Morgan fingerprint density at radius 2 is 1.84 bits per heavy atom. The molecule has 1 heterocycles. The topological polar surface area (TPSA) is 102 Å². The first-order valence-corrected chi connectivity index (χ1v) is 11.0. The number of nitriles is 1. The van der Waals surface area contributed by atoms with E-state index < -0.39 is 10.1 Å². The highest BCUT2D eigenvalue weighted by Crippen LogP contribution is 2.32. The zero-order valence-corrected chi connectivity index (χ0v) is 18.2. The summed E-state index contributed by atoms with van der Waals surface area (Å²) in [7, 11) is -2.71. The first kappa shape index (κ1) is 21.4. The molecule has 0 aliphatic heterocycles. The summed E-state index contributed by atoms with van der Waals surface area (Å²) in [5.74, 6) is 0.351. The van der Waals surface area contributed by atoms with Crippen molar-refractivity contribution < 1.29 is 21.8 Å². The lowest BCUT2D eigenvalue weighted by Gasteiger charge is -2.11. The van der Waals surface area contributed by atoms with Gasteiger partial charge in [0.05, 0.1) is 7.11 Å². The quantitative estimate of drug-likeness (QED) is 0.280. The highest BCUT2D eigenvalue weighted by molar-refractivity contribution is 7.87. The highest BCUT2D eigenvalue weighted by atomic mass is 35.5. The standard InChI is InChI=1S/C23H15ClN2O5S/c1-29-22-13-15(12-16(14-25)23-26-19-4-2-3-5-20(19)30-23)6-11-21(22)31-32(27,28)18-9-7-17(24)8-10-18/h2-13H,1H3/b16-12+. The van der Waals surface area contributed by atoms with Crippen LogP contribution in [-0.4, -0.2) is 20.5 Å². The van der Waals surface area contributed by atoms with E-state index in [2.05, 4.69) is 11.1 Å². The number of fused-ring (bicyclic) bond motifs is 1. The molecule has 0 aliphatic rings. The zero-order valence-electron chi connectivity index (χ0n) is 16.7. The van der Waals surface area contributed by atoms with Crippen LogP contribution in [0.3, 0.4) is 0 Å². The van der Waals surface area contributed by atoms with Gasteiger partial charge in [-0.25, -0.2) is 4.98 Å². The number of halogens is 1. The molecule has 32 heavy (non-hydrogen) atoms. The Kier molecular flexibility index (Phi) is 5.86. The molecule has 4 rings (SSSR count). The van der Waals surface area contributed by atoms with Gasteiger partial charge in [-0.2, -0.15) is 13.7 Å². The summed E-state index contributed by atoms with van der Waals surface area (Å²) in [6.45, 7) is 0. The third-order valence-corrected chi connectivity index (χ3v) is 5.95. The molecule has 9 heteroatoms. The van der Waals surface area contributed by atoms with E-state index in [0.29, 0.717) is 21.7 Å². The normalized spacial score (nSPS) is 11.8. The van der Waals surface area contributed by atoms with Gasteiger partial charge in [0.2, 0.25) is 5.89 Å². The van der Waals surface area contributed by atoms with Crippen molar-refractivity contribution in [2.75, 3.05) is 7.11 Å². The van der Waals surface area contributed by atoms with Crippen molar-refractivity contribution >= 4 is 44.5 Å². The smallest absolute Gasteiger partial charge is 0.339 e. The van der Waals surface area contributed by atoms with Gasteiger partial charge in [0.1, 0.15) is 22.1 Å². The van der Waals surface area contributed by atoms with Crippen LogP contribution < -0.4 is 8.92 Å². The molecule has 7 nitrogen and oxygen atoms in total. The van der Waals surface area contributed by atoms with Gasteiger partial charge < -0.3 is 13.3 Å². The van der Waals surface area contributed by atoms with Crippen molar-refractivity contribution in [3.63, 3.8) is 0 Å². The molecule has 4 aromatic rings. The van der Waals surface area contributed by atoms with Crippen LogP contribution in [0.5, 0.6) is 11.5 Å². The van der Waals surface area contributed by atoms with Crippen LogP contribution in [0.1, 0.15) is 11.5 Å². The lowest BCUT2D eigenvalue weighted by Crippen LogP contribution is -2.10. The van der Waals surface area contributed by atoms with E-state index in [1.807, 2.05) is 12.1 Å². The van der Waals surface area contributed by atoms with E-state index in [9.17, 15) is 13.7 Å². The minimum absolute atomic E-state index is 0.0000280. The summed E-state index contributed by atoms with van der Waals surface area (Å²) in [5, 5.41) is 9.99. The molecule has 0 saturated heterocycles. The highest BCUT2D eigenvalue weighted by Gasteiger charge is 2.19. The number of aromatic nitrogens is 1. The second-order valence-electron chi connectivity index (χ2n) is 6.56. The summed E-state index contributed by atoms with van der Waals surface area (Å²) in [6.07, 6.45) is 1.56. The Morgan fingerprint density at radius 3 is 2.53 bits per heavy atom. The molecule has 160 valence electrons. The number of para-hydroxylation sites is 2. The Hall–Kier alpha value is -3.80. The Bertz CT molecular complexity index is 1440. The van der Waals surface area contributed by atoms with E-state index in [1.54, 1.807) is 30.3 Å². The third kappa shape index (κ3) is 4.44. The lowest BCUT2D eigenvalue weighted by atomic mass is 10.1. The minimum atomic E-state index is -4.09. The first-order valence-electron chi connectivity index (χ1n) is 9.25. The molecule has 3 aromatic carbocycles. The van der Waals surface area contributed by atoms with Crippen molar-refractivity contribution in [2.45, 2.75) is 4.90 Å². The molecule has 0 N–H and O–H groups in total. The summed E-state index contributed by atoms with van der Waals surface area (Å²) in [4.78, 5) is 4.28. The van der Waals surface area contributed by atoms with Crippen LogP contribution in [-0.2, 0) is 10.1 Å². The molecule has 0 aliphatic carbocycles. The number of hydrogen-bond acceptors (Lipinski definition) is 7. The average molecular weight is 467 g/mol. The maximum absolute atomic E-state index is 12.6. The van der Waals surface area contributed by atoms with E-state index >= 15 is 0 Å². The fraction of sp³-hybridized carbons (Fsp3) is 0.0435. The van der Waals surface area contributed by atoms with Gasteiger partial charge in [0, 0.05) is 5.02 Å². The van der Waals surface area contributed by atoms with Crippen LogP contribution in [0.25, 0.3) is 22.7 Å². The lowest BCUT2D eigenvalue weighted by molar-refractivity contribution is 0.390. The fourth-order valence-corrected chi connectivity index (χ4v) is 3.97. The van der Waals surface area contributed by atoms with E-state index in [4.69, 9.17) is 24.9 Å². The van der Waals surface area contributed by atoms with Crippen LogP contribution in [0, 0.1) is 11.3 Å². The van der Waals surface area contributed by atoms with Crippen LogP contribution in [0.4, 0.5) is 0 Å². The SMILES string of the molecule is COc1cc(/C=C(\C#N)c2nc3ccccc3o2)ccc1OS(=O)(=O)c1ccc(Cl)cc1. The Morgan fingerprint density at radius 1 is 1.09 bits per heavy atom. The zero-order chi connectivity index (χ0) is 22.7. The fourth-order valence-electron chi connectivity index (χ4n) is 2.91. The van der Waals surface area contributed by atoms with Gasteiger partial charge in [-0.1, -0.05) is 29.8 Å². The van der Waals surface area contributed by atoms with Crippen molar-refractivity contribution in [1.82, 2.24) is 4.98 Å². The molecule has 0 spiro atoms. The number of benzene rings is 3. The number of allylic oxidation sites excluding steroid dienone is 1. The van der Waals surface area contributed by atoms with Crippen molar-refractivity contribution in [1.29, 1.82) is 5.26 Å². The largest absolute Gasteiger partial charge is 0.493 e. The Balaban J connectivity index is 1.65. The number of ether oxygens (including phenoxy) is 1. The number of rotatable bonds is 6. The molecule has 0 amide bonds. The maximum atomic E-state index is 12.6. The Labute approximate surface area is 189 Å². The molecule has 0 radical (unpaired) electrons. The van der Waals surface area contributed by atoms with Gasteiger partial charge in [-0.3, -0.25) is 0 Å². The minimum Gasteiger partial charge on any atom is -0.493 e. The average Bonchev–Trinajstić information content (AvgIpc) is 3.22. The van der Waals surface area contributed by atoms with Crippen LogP contribution in [0.15, 0.2) is 76.0 Å². The van der Waals surface area contributed by atoms with Crippen molar-refractivity contribution in [3.05, 3.63) is 83.2 Å². The summed E-state index contributed by atoms with van der Waals surface area (Å²) in [6, 6.07) is 19.5. The monoisotopic (exact) mass is 466 g/mol. The maximum Gasteiger partial charge on any atom is 0.339 e. The van der Waals surface area contributed by atoms with Crippen LogP contribution in [0.2, 0.25) is 5.02 Å². The summed E-state index contributed by atoms with van der Waals surface area (Å²) >= 11 is 5.81. The van der Waals surface area contributed by atoms with Crippen LogP contribution >= 0.6 is 11.6 Å². The van der Waals surface area contributed by atoms with Crippen molar-refractivity contribution in [2.24, 2.45) is 0 Å². The van der Waals surface area contributed by atoms with E-state index in [1.165, 1.54) is 37.4 Å². The predicted octanol–water partition coefficient (Wildman–Crippen LogP) is 5.32. The van der Waals surface area contributed by atoms with Gasteiger partial charge >= 0.3 is 10.1 Å². The summed E-state index contributed by atoms with van der Waals surface area (Å²) < 4.78 is 41.3. The second-order valence-corrected chi connectivity index (χ2v) is 8.54. The van der Waals surface area contributed by atoms with E-state index in [0.717, 1.165) is 0 Å². The molecule has 0 bridgehead atoms. The summed E-state index contributed by atoms with van der Waals surface area (Å²) in [5.41, 5.74) is 1.97. The number of hydrogen-bond donors (Lipinski definition) is 0. The van der Waals surface area contributed by atoms with Crippen molar-refractivity contribution in [3.8, 4) is 17.6 Å². The molecule has 0 saturated carbocycles. The van der Waals surface area contributed by atoms with E-state index in [-0.39, 0.29) is 27.9 Å². The van der Waals surface area contributed by atoms with Gasteiger partial charge in [0.25, 0.3) is 0 Å². The second kappa shape index (κ2) is 8.75. The van der Waals surface area contributed by atoms with Gasteiger partial charge in [-0.15, -0.1) is 0 Å². The number of oxazole rings is 1. The third-order valence-electron chi connectivity index (χ3n) is 4.45. The predicted molar refractivity (Wildman–Crippen MR) is 120 cm³/mol. The first-order chi connectivity index (χ1) is 15.4. The number of methoxy groups -OCH3 is 1. The molecular weight excluding hydrogens is 452 g/mol. The van der Waals surface area contributed by atoms with Gasteiger partial charge in [0.15, 0.2) is 17.1 Å². The number of nitrogens with zero attached hydrogens (tertiary/aromatic N) is 2. The molecule has 0 fully saturated rings. The molecule has 0 unspecified atom stereocenters. The molecule has 1 aromatic heterocycles. The molecular formula is C23H15ClN2O5S. The van der Waals surface area contributed by atoms with Gasteiger partial charge in [-0.05, 0) is 60.2 Å². The molecule has 0 atom stereocenters.